The third-order valence-electron chi connectivity index (χ3n) is 4.22. The maximum atomic E-state index is 4.75. The van der Waals surface area contributed by atoms with Crippen LogP contribution in [0.15, 0.2) is 30.3 Å². The Morgan fingerprint density at radius 3 is 2.60 bits per heavy atom. The lowest BCUT2D eigenvalue weighted by Gasteiger charge is -2.26. The second-order valence-corrected chi connectivity index (χ2v) is 6.25. The van der Waals surface area contributed by atoms with E-state index in [0.717, 1.165) is 12.1 Å². The predicted octanol–water partition coefficient (Wildman–Crippen LogP) is 4.34. The summed E-state index contributed by atoms with van der Waals surface area (Å²) in [6, 6.07) is 11.1. The molecule has 1 aliphatic rings. The van der Waals surface area contributed by atoms with Crippen molar-refractivity contribution in [1.82, 2.24) is 9.88 Å². The summed E-state index contributed by atoms with van der Waals surface area (Å²) in [5.74, 6) is 0.493. The number of nitrogens with zero attached hydrogens (tertiary/aromatic N) is 2. The van der Waals surface area contributed by atoms with Gasteiger partial charge in [0.2, 0.25) is 0 Å². The van der Waals surface area contributed by atoms with Crippen molar-refractivity contribution in [2.24, 2.45) is 0 Å². The van der Waals surface area contributed by atoms with E-state index in [2.05, 4.69) is 49.1 Å². The maximum absolute atomic E-state index is 4.75. The molecule has 1 saturated heterocycles. The molecule has 0 N–H and O–H groups in total. The summed E-state index contributed by atoms with van der Waals surface area (Å²) < 4.78 is 0. The Labute approximate surface area is 121 Å². The molecule has 0 bridgehead atoms. The zero-order valence-corrected chi connectivity index (χ0v) is 12.6. The molecule has 0 aliphatic carbocycles. The molecule has 3 rings (SSSR count). The third-order valence-corrected chi connectivity index (χ3v) is 4.22. The summed E-state index contributed by atoms with van der Waals surface area (Å²) >= 11 is 0. The van der Waals surface area contributed by atoms with Crippen LogP contribution in [0.3, 0.4) is 0 Å². The van der Waals surface area contributed by atoms with E-state index in [1.54, 1.807) is 0 Å². The standard InChI is InChI=1S/C18H24N2/c1-14(2)17-9-7-16-12-15(6-8-18(16)19-17)13-20-10-4-3-5-11-20/h6-9,12,14H,3-5,10-11,13H2,1-2H3. The summed E-state index contributed by atoms with van der Waals surface area (Å²) in [5.41, 5.74) is 3.72. The lowest BCUT2D eigenvalue weighted by molar-refractivity contribution is 0.221. The Morgan fingerprint density at radius 1 is 1.05 bits per heavy atom. The van der Waals surface area contributed by atoms with E-state index >= 15 is 0 Å². The molecule has 2 heterocycles. The van der Waals surface area contributed by atoms with Crippen LogP contribution in [-0.2, 0) is 6.54 Å². The van der Waals surface area contributed by atoms with Gasteiger partial charge in [-0.3, -0.25) is 9.88 Å². The van der Waals surface area contributed by atoms with Gasteiger partial charge in [0.1, 0.15) is 0 Å². The monoisotopic (exact) mass is 268 g/mol. The smallest absolute Gasteiger partial charge is 0.0705 e. The number of pyridine rings is 1. The molecule has 0 radical (unpaired) electrons. The largest absolute Gasteiger partial charge is 0.299 e. The Balaban J connectivity index is 1.81. The van der Waals surface area contributed by atoms with Gasteiger partial charge in [0.05, 0.1) is 5.52 Å². The van der Waals surface area contributed by atoms with Crippen LogP contribution in [-0.4, -0.2) is 23.0 Å². The minimum atomic E-state index is 0.493. The van der Waals surface area contributed by atoms with E-state index in [4.69, 9.17) is 4.98 Å². The molecule has 0 atom stereocenters. The normalized spacial score (nSPS) is 16.9. The molecule has 0 saturated carbocycles. The van der Waals surface area contributed by atoms with Gasteiger partial charge in [-0.2, -0.15) is 0 Å². The van der Waals surface area contributed by atoms with E-state index in [9.17, 15) is 0 Å². The van der Waals surface area contributed by atoms with E-state index < -0.39 is 0 Å². The Morgan fingerprint density at radius 2 is 1.85 bits per heavy atom. The van der Waals surface area contributed by atoms with E-state index in [-0.39, 0.29) is 0 Å². The molecule has 1 aliphatic heterocycles. The first-order valence-corrected chi connectivity index (χ1v) is 7.84. The van der Waals surface area contributed by atoms with Crippen LogP contribution in [0.1, 0.15) is 50.3 Å². The van der Waals surface area contributed by atoms with Crippen LogP contribution in [0.2, 0.25) is 0 Å². The topological polar surface area (TPSA) is 16.1 Å². The summed E-state index contributed by atoms with van der Waals surface area (Å²) in [4.78, 5) is 7.32. The fourth-order valence-electron chi connectivity index (χ4n) is 2.99. The van der Waals surface area contributed by atoms with Gasteiger partial charge in [-0.05, 0) is 55.6 Å². The first-order chi connectivity index (χ1) is 9.72. The Kier molecular flexibility index (Phi) is 4.02. The van der Waals surface area contributed by atoms with Crippen molar-refractivity contribution in [3.63, 3.8) is 0 Å². The number of hydrogen-bond acceptors (Lipinski definition) is 2. The van der Waals surface area contributed by atoms with Crippen LogP contribution in [0, 0.1) is 0 Å². The average Bonchev–Trinajstić information content (AvgIpc) is 2.47. The first-order valence-electron chi connectivity index (χ1n) is 7.84. The number of benzene rings is 1. The molecule has 1 aromatic heterocycles. The van der Waals surface area contributed by atoms with Crippen molar-refractivity contribution < 1.29 is 0 Å². The zero-order valence-electron chi connectivity index (χ0n) is 12.6. The molecular weight excluding hydrogens is 244 g/mol. The second kappa shape index (κ2) is 5.92. The van der Waals surface area contributed by atoms with Crippen molar-refractivity contribution >= 4 is 10.9 Å². The van der Waals surface area contributed by atoms with Gasteiger partial charge >= 0.3 is 0 Å². The molecule has 1 fully saturated rings. The average molecular weight is 268 g/mol. The summed E-state index contributed by atoms with van der Waals surface area (Å²) in [7, 11) is 0. The van der Waals surface area contributed by atoms with Crippen LogP contribution >= 0.6 is 0 Å². The van der Waals surface area contributed by atoms with Gasteiger partial charge in [0.25, 0.3) is 0 Å². The van der Waals surface area contributed by atoms with Crippen molar-refractivity contribution in [1.29, 1.82) is 0 Å². The van der Waals surface area contributed by atoms with Gasteiger partial charge in [-0.25, -0.2) is 0 Å². The van der Waals surface area contributed by atoms with Gasteiger partial charge in [0.15, 0.2) is 0 Å². The van der Waals surface area contributed by atoms with Crippen molar-refractivity contribution in [2.75, 3.05) is 13.1 Å². The second-order valence-electron chi connectivity index (χ2n) is 6.25. The van der Waals surface area contributed by atoms with Crippen LogP contribution in [0.25, 0.3) is 10.9 Å². The fraction of sp³-hybridized carbons (Fsp3) is 0.500. The van der Waals surface area contributed by atoms with E-state index in [1.807, 2.05) is 0 Å². The molecule has 20 heavy (non-hydrogen) atoms. The van der Waals surface area contributed by atoms with E-state index in [0.29, 0.717) is 5.92 Å². The molecule has 0 spiro atoms. The molecule has 106 valence electrons. The van der Waals surface area contributed by atoms with Crippen molar-refractivity contribution in [3.8, 4) is 0 Å². The highest BCUT2D eigenvalue weighted by Crippen LogP contribution is 2.20. The maximum Gasteiger partial charge on any atom is 0.0705 e. The summed E-state index contributed by atoms with van der Waals surface area (Å²) in [5, 5.41) is 1.27. The van der Waals surface area contributed by atoms with Crippen molar-refractivity contribution in [2.45, 2.75) is 45.6 Å². The highest BCUT2D eigenvalue weighted by molar-refractivity contribution is 5.79. The third kappa shape index (κ3) is 3.01. The van der Waals surface area contributed by atoms with Crippen LogP contribution < -0.4 is 0 Å². The Bertz CT molecular complexity index is 583. The number of fused-ring (bicyclic) bond motifs is 1. The molecule has 0 unspecified atom stereocenters. The molecule has 0 amide bonds. The SMILES string of the molecule is CC(C)c1ccc2cc(CN3CCCCC3)ccc2n1. The van der Waals surface area contributed by atoms with E-state index in [1.165, 1.54) is 49.0 Å². The highest BCUT2D eigenvalue weighted by Gasteiger charge is 2.11. The first kappa shape index (κ1) is 13.6. The fourth-order valence-corrected chi connectivity index (χ4v) is 2.99. The summed E-state index contributed by atoms with van der Waals surface area (Å²) in [6.45, 7) is 7.98. The number of hydrogen-bond donors (Lipinski definition) is 0. The van der Waals surface area contributed by atoms with Gasteiger partial charge in [0, 0.05) is 17.6 Å². The molecule has 2 aromatic rings. The van der Waals surface area contributed by atoms with Crippen LogP contribution in [0.5, 0.6) is 0 Å². The minimum Gasteiger partial charge on any atom is -0.299 e. The van der Waals surface area contributed by atoms with Gasteiger partial charge < -0.3 is 0 Å². The predicted molar refractivity (Wildman–Crippen MR) is 85.0 cm³/mol. The molecular formula is C18H24N2. The highest BCUT2D eigenvalue weighted by atomic mass is 15.1. The quantitative estimate of drug-likeness (QED) is 0.823. The lowest BCUT2D eigenvalue weighted by atomic mass is 10.1. The number of rotatable bonds is 3. The Hall–Kier alpha value is -1.41. The van der Waals surface area contributed by atoms with Crippen molar-refractivity contribution in [3.05, 3.63) is 41.6 Å². The molecule has 2 nitrogen and oxygen atoms in total. The molecule has 2 heteroatoms. The van der Waals surface area contributed by atoms with Gasteiger partial charge in [-0.1, -0.05) is 32.4 Å². The van der Waals surface area contributed by atoms with Gasteiger partial charge in [-0.15, -0.1) is 0 Å². The minimum absolute atomic E-state index is 0.493. The van der Waals surface area contributed by atoms with Crippen LogP contribution in [0.4, 0.5) is 0 Å². The number of likely N-dealkylation sites (tertiary alicyclic amines) is 1. The number of aromatic nitrogens is 1. The lowest BCUT2D eigenvalue weighted by Crippen LogP contribution is -2.29. The number of piperidine rings is 1. The summed E-state index contributed by atoms with van der Waals surface area (Å²) in [6.07, 6.45) is 4.11. The molecule has 1 aromatic carbocycles. The zero-order chi connectivity index (χ0) is 13.9.